The second kappa shape index (κ2) is 5.41. The zero-order valence-electron chi connectivity index (χ0n) is 7.92. The number of benzene rings is 1. The van der Waals surface area contributed by atoms with E-state index >= 15 is 0 Å². The van der Waals surface area contributed by atoms with Crippen LogP contribution in [0.1, 0.15) is 6.92 Å². The number of rotatable bonds is 4. The van der Waals surface area contributed by atoms with E-state index in [1.165, 1.54) is 11.8 Å². The van der Waals surface area contributed by atoms with E-state index in [2.05, 4.69) is 0 Å². The van der Waals surface area contributed by atoms with E-state index in [9.17, 15) is 0 Å². The smallest absolute Gasteiger partial charge is 0.423 e. The van der Waals surface area contributed by atoms with Crippen LogP contribution in [0.3, 0.4) is 0 Å². The minimum absolute atomic E-state index is 0.359. The summed E-state index contributed by atoms with van der Waals surface area (Å²) < 4.78 is 0. The van der Waals surface area contributed by atoms with Gasteiger partial charge < -0.3 is 15.2 Å². The Hall–Kier alpha value is -0.485. The highest BCUT2D eigenvalue weighted by Crippen LogP contribution is 2.16. The summed E-state index contributed by atoms with van der Waals surface area (Å²) in [6, 6.07) is 6.99. The number of thioether (sulfide) groups is 1. The molecule has 3 nitrogen and oxygen atoms in total. The molecule has 0 aliphatic carbocycles. The van der Waals surface area contributed by atoms with E-state index in [1.54, 1.807) is 25.1 Å². The summed E-state index contributed by atoms with van der Waals surface area (Å²) in [6.07, 6.45) is -0.359. The van der Waals surface area contributed by atoms with Gasteiger partial charge >= 0.3 is 7.12 Å². The van der Waals surface area contributed by atoms with Crippen LogP contribution in [0.4, 0.5) is 0 Å². The molecule has 1 rings (SSSR count). The van der Waals surface area contributed by atoms with Crippen molar-refractivity contribution in [1.29, 1.82) is 0 Å². The Balaban J connectivity index is 2.64. The third-order valence-electron chi connectivity index (χ3n) is 1.65. The van der Waals surface area contributed by atoms with E-state index in [-0.39, 0.29) is 6.10 Å². The molecule has 0 unspecified atom stereocenters. The fourth-order valence-corrected chi connectivity index (χ4v) is 1.81. The van der Waals surface area contributed by atoms with Crippen molar-refractivity contribution in [2.24, 2.45) is 0 Å². The molecule has 1 atom stereocenters. The molecule has 0 saturated carbocycles. The molecule has 0 heterocycles. The second-order valence-electron chi connectivity index (χ2n) is 3.11. The monoisotopic (exact) mass is 212 g/mol. The van der Waals surface area contributed by atoms with Gasteiger partial charge in [-0.15, -0.1) is 11.8 Å². The standard InChI is InChI=1S/C9H13BO3S/c1-7(11)6-14-9-4-2-3-8(5-9)10(12)13/h2-5,7,11-13H,6H2,1H3/t7-/m0/s1. The molecule has 0 saturated heterocycles. The van der Waals surface area contributed by atoms with Crippen LogP contribution in [0.5, 0.6) is 0 Å². The fraction of sp³-hybridized carbons (Fsp3) is 0.333. The van der Waals surface area contributed by atoms with Crippen LogP contribution in [0, 0.1) is 0 Å². The molecule has 0 spiro atoms. The van der Waals surface area contributed by atoms with Crippen molar-refractivity contribution in [3.05, 3.63) is 24.3 Å². The maximum atomic E-state index is 9.07. The van der Waals surface area contributed by atoms with Crippen LogP contribution in [0.25, 0.3) is 0 Å². The van der Waals surface area contributed by atoms with Gasteiger partial charge in [-0.2, -0.15) is 0 Å². The second-order valence-corrected chi connectivity index (χ2v) is 4.20. The minimum atomic E-state index is -1.43. The topological polar surface area (TPSA) is 60.7 Å². The predicted octanol–water partition coefficient (Wildman–Crippen LogP) is -0.161. The van der Waals surface area contributed by atoms with E-state index in [0.717, 1.165) is 4.90 Å². The predicted molar refractivity (Wildman–Crippen MR) is 58.7 cm³/mol. The van der Waals surface area contributed by atoms with Crippen molar-refractivity contribution in [3.8, 4) is 0 Å². The normalized spacial score (nSPS) is 12.6. The molecule has 0 aromatic heterocycles. The summed E-state index contributed by atoms with van der Waals surface area (Å²) in [5.74, 6) is 0.602. The number of hydrogen-bond donors (Lipinski definition) is 3. The first kappa shape index (κ1) is 11.6. The van der Waals surface area contributed by atoms with E-state index in [0.29, 0.717) is 11.2 Å². The molecule has 14 heavy (non-hydrogen) atoms. The van der Waals surface area contributed by atoms with Crippen molar-refractivity contribution in [1.82, 2.24) is 0 Å². The first-order valence-electron chi connectivity index (χ1n) is 4.36. The molecule has 76 valence electrons. The van der Waals surface area contributed by atoms with Gasteiger partial charge in [0.2, 0.25) is 0 Å². The molecule has 0 amide bonds. The summed E-state index contributed by atoms with van der Waals surface area (Å²) in [7, 11) is -1.43. The van der Waals surface area contributed by atoms with Gasteiger partial charge in [0.1, 0.15) is 0 Å². The van der Waals surface area contributed by atoms with Gasteiger partial charge in [-0.1, -0.05) is 12.1 Å². The molecule has 0 bridgehead atoms. The largest absolute Gasteiger partial charge is 0.488 e. The van der Waals surface area contributed by atoms with Gasteiger partial charge in [-0.05, 0) is 24.5 Å². The quantitative estimate of drug-likeness (QED) is 0.479. The maximum absolute atomic E-state index is 9.07. The molecule has 0 aliphatic heterocycles. The Morgan fingerprint density at radius 3 is 2.71 bits per heavy atom. The molecule has 0 fully saturated rings. The van der Waals surface area contributed by atoms with Gasteiger partial charge in [-0.25, -0.2) is 0 Å². The van der Waals surface area contributed by atoms with E-state index < -0.39 is 7.12 Å². The number of aliphatic hydroxyl groups excluding tert-OH is 1. The Labute approximate surface area is 87.9 Å². The summed E-state index contributed by atoms with van der Waals surface area (Å²) in [5, 5.41) is 26.9. The average Bonchev–Trinajstić information content (AvgIpc) is 2.15. The van der Waals surface area contributed by atoms with Crippen molar-refractivity contribution < 1.29 is 15.2 Å². The van der Waals surface area contributed by atoms with Crippen molar-refractivity contribution in [3.63, 3.8) is 0 Å². The third-order valence-corrected chi connectivity index (χ3v) is 2.88. The fourth-order valence-electron chi connectivity index (χ4n) is 0.982. The lowest BCUT2D eigenvalue weighted by atomic mass is 9.80. The van der Waals surface area contributed by atoms with Crippen LogP contribution in [-0.2, 0) is 0 Å². The molecule has 0 aliphatic rings. The highest BCUT2D eigenvalue weighted by molar-refractivity contribution is 7.99. The SMILES string of the molecule is C[C@H](O)CSc1cccc(B(O)O)c1. The van der Waals surface area contributed by atoms with Crippen LogP contribution in [0.15, 0.2) is 29.2 Å². The van der Waals surface area contributed by atoms with Crippen molar-refractivity contribution >= 4 is 24.3 Å². The molecule has 1 aromatic carbocycles. The van der Waals surface area contributed by atoms with E-state index in [1.807, 2.05) is 6.07 Å². The van der Waals surface area contributed by atoms with Crippen LogP contribution in [0.2, 0.25) is 0 Å². The lowest BCUT2D eigenvalue weighted by Crippen LogP contribution is -2.29. The Morgan fingerprint density at radius 1 is 1.43 bits per heavy atom. The number of aliphatic hydroxyl groups is 1. The summed E-state index contributed by atoms with van der Waals surface area (Å²) in [5.41, 5.74) is 0.473. The summed E-state index contributed by atoms with van der Waals surface area (Å²) in [6.45, 7) is 1.72. The zero-order chi connectivity index (χ0) is 10.6. The molecular formula is C9H13BO3S. The molecule has 1 aromatic rings. The van der Waals surface area contributed by atoms with Gasteiger partial charge in [0.05, 0.1) is 6.10 Å². The minimum Gasteiger partial charge on any atom is -0.423 e. The number of hydrogen-bond acceptors (Lipinski definition) is 4. The lowest BCUT2D eigenvalue weighted by molar-refractivity contribution is 0.220. The first-order chi connectivity index (χ1) is 6.59. The molecule has 0 radical (unpaired) electrons. The molecule has 5 heteroatoms. The van der Waals surface area contributed by atoms with Crippen molar-refractivity contribution in [2.75, 3.05) is 5.75 Å². The Morgan fingerprint density at radius 2 is 2.14 bits per heavy atom. The highest BCUT2D eigenvalue weighted by Gasteiger charge is 2.10. The van der Waals surface area contributed by atoms with Crippen molar-refractivity contribution in [2.45, 2.75) is 17.9 Å². The van der Waals surface area contributed by atoms with Crippen LogP contribution in [-0.4, -0.2) is 34.1 Å². The van der Waals surface area contributed by atoms with Gasteiger partial charge in [-0.3, -0.25) is 0 Å². The average molecular weight is 212 g/mol. The third kappa shape index (κ3) is 3.71. The van der Waals surface area contributed by atoms with Gasteiger partial charge in [0.15, 0.2) is 0 Å². The van der Waals surface area contributed by atoms with Crippen LogP contribution >= 0.6 is 11.8 Å². The zero-order valence-corrected chi connectivity index (χ0v) is 8.74. The molecule has 3 N–H and O–H groups in total. The van der Waals surface area contributed by atoms with Gasteiger partial charge in [0, 0.05) is 10.6 Å². The highest BCUT2D eigenvalue weighted by atomic mass is 32.2. The summed E-state index contributed by atoms with van der Waals surface area (Å²) >= 11 is 1.49. The Kier molecular flexibility index (Phi) is 4.48. The van der Waals surface area contributed by atoms with Gasteiger partial charge in [0.25, 0.3) is 0 Å². The molecular weight excluding hydrogens is 199 g/mol. The lowest BCUT2D eigenvalue weighted by Gasteiger charge is -2.05. The maximum Gasteiger partial charge on any atom is 0.488 e. The summed E-state index contributed by atoms with van der Waals surface area (Å²) in [4.78, 5) is 0.927. The van der Waals surface area contributed by atoms with E-state index in [4.69, 9.17) is 15.2 Å². The first-order valence-corrected chi connectivity index (χ1v) is 5.35. The Bertz CT molecular complexity index is 291. The van der Waals surface area contributed by atoms with Crippen LogP contribution < -0.4 is 5.46 Å².